The molecule has 0 spiro atoms. The standard InChI is InChI=1S/C14H22FN5.ClH/c1-10(2)20-12(4)13(9-18-20)8-16-14-11(3)7-17-19(14)6-5-15;/h7,9-10,16H,5-6,8H2,1-4H3;1H. The molecule has 0 atom stereocenters. The number of rotatable bonds is 6. The molecule has 0 aliphatic rings. The topological polar surface area (TPSA) is 47.7 Å². The maximum absolute atomic E-state index is 12.5. The molecule has 0 aromatic carbocycles. The number of aryl methyl sites for hydroxylation is 2. The van der Waals surface area contributed by atoms with Crippen LogP contribution in [0.4, 0.5) is 10.2 Å². The lowest BCUT2D eigenvalue weighted by molar-refractivity contribution is 0.429. The lowest BCUT2D eigenvalue weighted by Gasteiger charge is -2.11. The number of halogens is 2. The molecule has 0 saturated carbocycles. The molecule has 0 fully saturated rings. The van der Waals surface area contributed by atoms with Crippen LogP contribution in [0.2, 0.25) is 0 Å². The molecule has 7 heteroatoms. The summed E-state index contributed by atoms with van der Waals surface area (Å²) in [5.74, 6) is 0.874. The molecule has 2 rings (SSSR count). The molecule has 0 saturated heterocycles. The van der Waals surface area contributed by atoms with E-state index in [2.05, 4.69) is 36.3 Å². The van der Waals surface area contributed by atoms with Gasteiger partial charge in [-0.2, -0.15) is 10.2 Å². The van der Waals surface area contributed by atoms with Crippen LogP contribution < -0.4 is 5.32 Å². The van der Waals surface area contributed by atoms with E-state index < -0.39 is 6.67 Å². The van der Waals surface area contributed by atoms with Gasteiger partial charge >= 0.3 is 0 Å². The molecule has 2 heterocycles. The van der Waals surface area contributed by atoms with Gasteiger partial charge in [-0.25, -0.2) is 9.07 Å². The van der Waals surface area contributed by atoms with E-state index in [1.807, 2.05) is 17.8 Å². The smallest absolute Gasteiger partial charge is 0.127 e. The number of aromatic nitrogens is 4. The highest BCUT2D eigenvalue weighted by atomic mass is 35.5. The Balaban J connectivity index is 0.00000220. The van der Waals surface area contributed by atoms with Gasteiger partial charge in [-0.15, -0.1) is 12.4 Å². The highest BCUT2D eigenvalue weighted by molar-refractivity contribution is 5.85. The molecular weight excluding hydrogens is 293 g/mol. The molecule has 0 aliphatic carbocycles. The SMILES string of the molecule is Cc1cnn(CCF)c1NCc1cnn(C(C)C)c1C.Cl. The molecule has 0 unspecified atom stereocenters. The lowest BCUT2D eigenvalue weighted by atomic mass is 10.2. The average molecular weight is 316 g/mol. The molecular formula is C14H23ClFN5. The van der Waals surface area contributed by atoms with Crippen LogP contribution >= 0.6 is 12.4 Å². The number of hydrogen-bond donors (Lipinski definition) is 1. The Morgan fingerprint density at radius 1 is 1.24 bits per heavy atom. The molecule has 1 N–H and O–H groups in total. The fourth-order valence-corrected chi connectivity index (χ4v) is 2.29. The van der Waals surface area contributed by atoms with E-state index in [1.54, 1.807) is 10.9 Å². The van der Waals surface area contributed by atoms with Crippen molar-refractivity contribution in [3.8, 4) is 0 Å². The minimum absolute atomic E-state index is 0. The van der Waals surface area contributed by atoms with E-state index in [1.165, 1.54) is 0 Å². The fraction of sp³-hybridized carbons (Fsp3) is 0.571. The van der Waals surface area contributed by atoms with Crippen LogP contribution in [0.25, 0.3) is 0 Å². The zero-order valence-corrected chi connectivity index (χ0v) is 13.7. The van der Waals surface area contributed by atoms with Gasteiger partial charge in [0.25, 0.3) is 0 Å². The van der Waals surface area contributed by atoms with E-state index in [-0.39, 0.29) is 19.0 Å². The van der Waals surface area contributed by atoms with Crippen LogP contribution in [0.1, 0.15) is 36.7 Å². The Labute approximate surface area is 130 Å². The van der Waals surface area contributed by atoms with Crippen molar-refractivity contribution in [2.75, 3.05) is 12.0 Å². The maximum Gasteiger partial charge on any atom is 0.127 e. The Morgan fingerprint density at radius 2 is 1.95 bits per heavy atom. The molecule has 118 valence electrons. The summed E-state index contributed by atoms with van der Waals surface area (Å²) in [7, 11) is 0. The molecule has 0 radical (unpaired) electrons. The van der Waals surface area contributed by atoms with E-state index in [0.29, 0.717) is 12.6 Å². The summed E-state index contributed by atoms with van der Waals surface area (Å²) in [5, 5.41) is 11.9. The van der Waals surface area contributed by atoms with Crippen molar-refractivity contribution in [2.24, 2.45) is 0 Å². The molecule has 0 amide bonds. The second kappa shape index (κ2) is 7.45. The predicted molar refractivity (Wildman–Crippen MR) is 84.9 cm³/mol. The van der Waals surface area contributed by atoms with Crippen LogP contribution in [0.15, 0.2) is 12.4 Å². The molecule has 0 bridgehead atoms. The number of nitrogens with one attached hydrogen (secondary N) is 1. The average Bonchev–Trinajstić information content (AvgIpc) is 2.92. The van der Waals surface area contributed by atoms with Gasteiger partial charge in [0.15, 0.2) is 0 Å². The quantitative estimate of drug-likeness (QED) is 0.890. The maximum atomic E-state index is 12.5. The summed E-state index contributed by atoms with van der Waals surface area (Å²) in [4.78, 5) is 0. The Bertz CT molecular complexity index is 576. The highest BCUT2D eigenvalue weighted by Gasteiger charge is 2.11. The zero-order chi connectivity index (χ0) is 14.7. The second-order valence-corrected chi connectivity index (χ2v) is 5.24. The zero-order valence-electron chi connectivity index (χ0n) is 12.9. The summed E-state index contributed by atoms with van der Waals surface area (Å²) in [6.07, 6.45) is 3.63. The number of anilines is 1. The summed E-state index contributed by atoms with van der Waals surface area (Å²) in [6.45, 7) is 8.78. The largest absolute Gasteiger partial charge is 0.366 e. The van der Waals surface area contributed by atoms with Gasteiger partial charge in [-0.1, -0.05) is 0 Å². The number of nitrogens with zero attached hydrogens (tertiary/aromatic N) is 4. The first-order chi connectivity index (χ1) is 9.54. The van der Waals surface area contributed by atoms with Crippen molar-refractivity contribution >= 4 is 18.2 Å². The summed E-state index contributed by atoms with van der Waals surface area (Å²) < 4.78 is 16.2. The minimum Gasteiger partial charge on any atom is -0.366 e. The Morgan fingerprint density at radius 3 is 2.52 bits per heavy atom. The molecule has 21 heavy (non-hydrogen) atoms. The van der Waals surface area contributed by atoms with Crippen LogP contribution in [0.5, 0.6) is 0 Å². The van der Waals surface area contributed by atoms with Crippen molar-refractivity contribution in [1.82, 2.24) is 19.6 Å². The Kier molecular flexibility index (Phi) is 6.20. The van der Waals surface area contributed by atoms with Crippen molar-refractivity contribution in [3.05, 3.63) is 29.2 Å². The normalized spacial score (nSPS) is 10.8. The summed E-state index contributed by atoms with van der Waals surface area (Å²) >= 11 is 0. The van der Waals surface area contributed by atoms with Crippen LogP contribution in [0, 0.1) is 13.8 Å². The van der Waals surface area contributed by atoms with E-state index in [4.69, 9.17) is 0 Å². The van der Waals surface area contributed by atoms with Gasteiger partial charge in [0, 0.05) is 29.4 Å². The molecule has 2 aromatic heterocycles. The fourth-order valence-electron chi connectivity index (χ4n) is 2.29. The molecule has 2 aromatic rings. The van der Waals surface area contributed by atoms with Crippen LogP contribution in [-0.2, 0) is 13.1 Å². The van der Waals surface area contributed by atoms with E-state index in [9.17, 15) is 4.39 Å². The third-order valence-electron chi connectivity index (χ3n) is 3.40. The molecule has 5 nitrogen and oxygen atoms in total. The first-order valence-electron chi connectivity index (χ1n) is 6.89. The van der Waals surface area contributed by atoms with Crippen molar-refractivity contribution < 1.29 is 4.39 Å². The van der Waals surface area contributed by atoms with Gasteiger partial charge in [-0.3, -0.25) is 4.68 Å². The third-order valence-corrected chi connectivity index (χ3v) is 3.40. The Hall–Kier alpha value is -1.56. The lowest BCUT2D eigenvalue weighted by Crippen LogP contribution is -2.11. The number of hydrogen-bond acceptors (Lipinski definition) is 3. The third kappa shape index (κ3) is 3.75. The van der Waals surface area contributed by atoms with Crippen LogP contribution in [0.3, 0.4) is 0 Å². The summed E-state index contributed by atoms with van der Waals surface area (Å²) in [5.41, 5.74) is 3.32. The van der Waals surface area contributed by atoms with E-state index in [0.717, 1.165) is 22.6 Å². The van der Waals surface area contributed by atoms with Crippen molar-refractivity contribution in [1.29, 1.82) is 0 Å². The first-order valence-corrected chi connectivity index (χ1v) is 6.89. The number of alkyl halides is 1. The van der Waals surface area contributed by atoms with E-state index >= 15 is 0 Å². The van der Waals surface area contributed by atoms with Gasteiger partial charge in [-0.05, 0) is 27.7 Å². The van der Waals surface area contributed by atoms with Crippen molar-refractivity contribution in [3.63, 3.8) is 0 Å². The minimum atomic E-state index is -0.417. The molecule has 0 aliphatic heterocycles. The van der Waals surface area contributed by atoms with Gasteiger partial charge in [0.2, 0.25) is 0 Å². The van der Waals surface area contributed by atoms with Gasteiger partial charge in [0.1, 0.15) is 12.5 Å². The monoisotopic (exact) mass is 315 g/mol. The van der Waals surface area contributed by atoms with Gasteiger partial charge < -0.3 is 5.32 Å². The second-order valence-electron chi connectivity index (χ2n) is 5.24. The predicted octanol–water partition coefficient (Wildman–Crippen LogP) is 3.28. The van der Waals surface area contributed by atoms with Gasteiger partial charge in [0.05, 0.1) is 18.9 Å². The highest BCUT2D eigenvalue weighted by Crippen LogP contribution is 2.17. The van der Waals surface area contributed by atoms with Crippen LogP contribution in [-0.4, -0.2) is 26.2 Å². The summed E-state index contributed by atoms with van der Waals surface area (Å²) in [6, 6.07) is 0.350. The van der Waals surface area contributed by atoms with Crippen molar-refractivity contribution in [2.45, 2.75) is 46.8 Å². The first kappa shape index (κ1) is 17.5.